The maximum Gasteiger partial charge on any atom is 0.303 e. The lowest BCUT2D eigenvalue weighted by atomic mass is 9.86. The lowest BCUT2D eigenvalue weighted by Crippen LogP contribution is -2.63. The number of nitrogens with two attached hydrogens (primary N) is 1. The highest BCUT2D eigenvalue weighted by molar-refractivity contribution is 5.99. The molecule has 0 bridgehead atoms. The van der Waals surface area contributed by atoms with Gasteiger partial charge in [-0.1, -0.05) is 0 Å². The average Bonchev–Trinajstić information content (AvgIpc) is 2.68. The van der Waals surface area contributed by atoms with Crippen molar-refractivity contribution >= 4 is 23.6 Å². The smallest absolute Gasteiger partial charge is 0.303 e. The summed E-state index contributed by atoms with van der Waals surface area (Å²) in [5, 5.41) is 12.2. The number of ketones is 1. The van der Waals surface area contributed by atoms with E-state index in [9.17, 15) is 19.2 Å². The molecular weight excluding hydrogens is 364 g/mol. The Morgan fingerprint density at radius 2 is 1.93 bits per heavy atom. The summed E-state index contributed by atoms with van der Waals surface area (Å²) >= 11 is 0. The maximum atomic E-state index is 13.2. The molecule has 0 aromatic heterocycles. The number of unbranched alkanes of at least 4 members (excludes halogenated alkanes) is 1. The number of hydrogen-bond donors (Lipinski definition) is 3. The van der Waals surface area contributed by atoms with Crippen molar-refractivity contribution in [1.82, 2.24) is 15.1 Å². The number of Topliss-reactive ketones (excluding diaryl/α,β-unsaturated/α-hetero) is 1. The van der Waals surface area contributed by atoms with Crippen LogP contribution in [0.5, 0.6) is 0 Å². The standard InChI is InChI=1S/C19H32N4O5/c1-22-15(5-6-17(25)26)19(28)23(12-16(22)24)14(4-2-3-9-20)18(27)13-7-10-21-11-8-13/h13-15,21H,2-12,20H2,1H3,(H,25,26)/t14?,15-/m0/s1. The number of carboxylic acids is 1. The van der Waals surface area contributed by atoms with Gasteiger partial charge in [-0.25, -0.2) is 0 Å². The molecule has 2 heterocycles. The largest absolute Gasteiger partial charge is 0.481 e. The van der Waals surface area contributed by atoms with E-state index in [1.54, 1.807) is 0 Å². The third-order valence-electron chi connectivity index (χ3n) is 5.74. The van der Waals surface area contributed by atoms with Gasteiger partial charge in [0.2, 0.25) is 11.8 Å². The van der Waals surface area contributed by atoms with E-state index in [2.05, 4.69) is 5.32 Å². The molecule has 9 heteroatoms. The first-order valence-electron chi connectivity index (χ1n) is 10.1. The summed E-state index contributed by atoms with van der Waals surface area (Å²) in [5.41, 5.74) is 5.58. The Kier molecular flexibility index (Phi) is 8.37. The molecule has 0 radical (unpaired) electrons. The van der Waals surface area contributed by atoms with Crippen molar-refractivity contribution < 1.29 is 24.3 Å². The number of hydrogen-bond acceptors (Lipinski definition) is 6. The second kappa shape index (κ2) is 10.5. The Morgan fingerprint density at radius 1 is 1.25 bits per heavy atom. The second-order valence-electron chi connectivity index (χ2n) is 7.65. The maximum absolute atomic E-state index is 13.2. The quantitative estimate of drug-likeness (QED) is 0.427. The van der Waals surface area contributed by atoms with Crippen molar-refractivity contribution in [3.63, 3.8) is 0 Å². The van der Waals surface area contributed by atoms with E-state index in [1.165, 1.54) is 16.8 Å². The highest BCUT2D eigenvalue weighted by Gasteiger charge is 2.43. The molecule has 0 aromatic rings. The van der Waals surface area contributed by atoms with Gasteiger partial charge in [-0.05, 0) is 58.2 Å². The minimum atomic E-state index is -1.02. The fourth-order valence-electron chi connectivity index (χ4n) is 4.02. The molecule has 9 nitrogen and oxygen atoms in total. The molecule has 4 N–H and O–H groups in total. The summed E-state index contributed by atoms with van der Waals surface area (Å²) in [6.45, 7) is 1.90. The number of nitrogens with one attached hydrogen (secondary N) is 1. The lowest BCUT2D eigenvalue weighted by Gasteiger charge is -2.42. The molecule has 2 amide bonds. The Hall–Kier alpha value is -2.00. The third kappa shape index (κ3) is 5.51. The lowest BCUT2D eigenvalue weighted by molar-refractivity contribution is -0.160. The fourth-order valence-corrected chi connectivity index (χ4v) is 4.02. The van der Waals surface area contributed by atoms with Gasteiger partial charge in [0.1, 0.15) is 12.6 Å². The van der Waals surface area contributed by atoms with Crippen LogP contribution in [-0.2, 0) is 19.2 Å². The van der Waals surface area contributed by atoms with E-state index in [0.717, 1.165) is 32.4 Å². The van der Waals surface area contributed by atoms with Crippen LogP contribution < -0.4 is 11.1 Å². The molecule has 2 aliphatic heterocycles. The van der Waals surface area contributed by atoms with Crippen LogP contribution in [0.4, 0.5) is 0 Å². The van der Waals surface area contributed by atoms with E-state index >= 15 is 0 Å². The van der Waals surface area contributed by atoms with E-state index < -0.39 is 18.1 Å². The van der Waals surface area contributed by atoms with Gasteiger partial charge in [0, 0.05) is 19.4 Å². The Balaban J connectivity index is 2.20. The molecule has 2 fully saturated rings. The van der Waals surface area contributed by atoms with Crippen LogP contribution in [0, 0.1) is 5.92 Å². The van der Waals surface area contributed by atoms with Gasteiger partial charge in [-0.15, -0.1) is 0 Å². The molecule has 1 unspecified atom stereocenters. The highest BCUT2D eigenvalue weighted by atomic mass is 16.4. The van der Waals surface area contributed by atoms with Crippen LogP contribution in [0.15, 0.2) is 0 Å². The van der Waals surface area contributed by atoms with Crippen molar-refractivity contribution in [2.75, 3.05) is 33.2 Å². The summed E-state index contributed by atoms with van der Waals surface area (Å²) in [6, 6.07) is -1.48. The monoisotopic (exact) mass is 396 g/mol. The SMILES string of the molecule is CN1C(=O)CN(C(CCCCN)C(=O)C2CCNCC2)C(=O)[C@@H]1CCC(=O)O. The third-order valence-corrected chi connectivity index (χ3v) is 5.74. The summed E-state index contributed by atoms with van der Waals surface area (Å²) in [5.74, 6) is -1.72. The molecule has 2 aliphatic rings. The number of aliphatic carboxylic acids is 1. The molecular formula is C19H32N4O5. The summed E-state index contributed by atoms with van der Waals surface area (Å²) in [6.07, 6.45) is 3.22. The molecule has 0 spiro atoms. The number of carbonyl (C=O) groups is 4. The molecule has 28 heavy (non-hydrogen) atoms. The van der Waals surface area contributed by atoms with Gasteiger partial charge in [-0.2, -0.15) is 0 Å². The Labute approximate surface area is 165 Å². The van der Waals surface area contributed by atoms with Crippen molar-refractivity contribution in [2.45, 2.75) is 57.0 Å². The molecule has 158 valence electrons. The van der Waals surface area contributed by atoms with E-state index in [-0.39, 0.29) is 42.9 Å². The first-order chi connectivity index (χ1) is 13.4. The van der Waals surface area contributed by atoms with Crippen molar-refractivity contribution in [2.24, 2.45) is 11.7 Å². The topological polar surface area (TPSA) is 133 Å². The van der Waals surface area contributed by atoms with Crippen molar-refractivity contribution in [3.8, 4) is 0 Å². The molecule has 0 aliphatic carbocycles. The zero-order valence-corrected chi connectivity index (χ0v) is 16.6. The summed E-state index contributed by atoms with van der Waals surface area (Å²) in [7, 11) is 1.52. The van der Waals surface area contributed by atoms with E-state index in [0.29, 0.717) is 19.4 Å². The molecule has 2 atom stereocenters. The van der Waals surface area contributed by atoms with Crippen LogP contribution in [0.3, 0.4) is 0 Å². The minimum Gasteiger partial charge on any atom is -0.481 e. The summed E-state index contributed by atoms with van der Waals surface area (Å²) in [4.78, 5) is 52.5. The van der Waals surface area contributed by atoms with E-state index in [1.807, 2.05) is 0 Å². The second-order valence-corrected chi connectivity index (χ2v) is 7.65. The highest BCUT2D eigenvalue weighted by Crippen LogP contribution is 2.25. The number of carboxylic acid groups (broad SMARTS) is 1. The molecule has 0 aromatic carbocycles. The number of rotatable bonds is 10. The first-order valence-corrected chi connectivity index (χ1v) is 10.1. The van der Waals surface area contributed by atoms with Gasteiger partial charge in [0.05, 0.1) is 6.04 Å². The normalized spacial score (nSPS) is 22.4. The van der Waals surface area contributed by atoms with Gasteiger partial charge in [0.15, 0.2) is 5.78 Å². The van der Waals surface area contributed by atoms with Gasteiger partial charge in [0.25, 0.3) is 0 Å². The van der Waals surface area contributed by atoms with Crippen molar-refractivity contribution in [1.29, 1.82) is 0 Å². The zero-order valence-electron chi connectivity index (χ0n) is 16.6. The summed E-state index contributed by atoms with van der Waals surface area (Å²) < 4.78 is 0. The predicted octanol–water partition coefficient (Wildman–Crippen LogP) is -0.413. The predicted molar refractivity (Wildman–Crippen MR) is 102 cm³/mol. The zero-order chi connectivity index (χ0) is 20.7. The number of amides is 2. The number of nitrogens with zero attached hydrogens (tertiary/aromatic N) is 2. The minimum absolute atomic E-state index is 0.0150. The number of carbonyl (C=O) groups excluding carboxylic acids is 3. The van der Waals surface area contributed by atoms with Crippen LogP contribution in [0.1, 0.15) is 44.9 Å². The number of piperazine rings is 1. The van der Waals surface area contributed by atoms with Crippen LogP contribution >= 0.6 is 0 Å². The van der Waals surface area contributed by atoms with Crippen LogP contribution in [0.25, 0.3) is 0 Å². The van der Waals surface area contributed by atoms with Crippen LogP contribution in [-0.4, -0.2) is 83.8 Å². The fraction of sp³-hybridized carbons (Fsp3) is 0.789. The Morgan fingerprint density at radius 3 is 2.54 bits per heavy atom. The Bertz CT molecular complexity index is 591. The van der Waals surface area contributed by atoms with E-state index in [4.69, 9.17) is 10.8 Å². The molecule has 2 saturated heterocycles. The molecule has 0 saturated carbocycles. The number of piperidine rings is 1. The van der Waals surface area contributed by atoms with Crippen LogP contribution in [0.2, 0.25) is 0 Å². The first kappa shape index (κ1) is 22.3. The number of likely N-dealkylation sites (N-methyl/N-ethyl adjacent to an activating group) is 1. The van der Waals surface area contributed by atoms with Gasteiger partial charge in [-0.3, -0.25) is 19.2 Å². The van der Waals surface area contributed by atoms with Crippen molar-refractivity contribution in [3.05, 3.63) is 0 Å². The van der Waals surface area contributed by atoms with Gasteiger partial charge >= 0.3 is 5.97 Å². The van der Waals surface area contributed by atoms with Gasteiger partial charge < -0.3 is 26.0 Å². The molecule has 2 rings (SSSR count). The average molecular weight is 396 g/mol.